The van der Waals surface area contributed by atoms with E-state index in [-0.39, 0.29) is 0 Å². The average molecular weight is 322 g/mol. The van der Waals surface area contributed by atoms with Crippen LogP contribution in [0.2, 0.25) is 5.02 Å². The first-order valence-corrected chi connectivity index (χ1v) is 5.94. The number of nitrogens with one attached hydrogen (secondary N) is 1. The third kappa shape index (κ3) is 3.50. The van der Waals surface area contributed by atoms with Crippen LogP contribution < -0.4 is 5.32 Å². The zero-order valence-electron chi connectivity index (χ0n) is 8.11. The summed E-state index contributed by atoms with van der Waals surface area (Å²) in [5.41, 5.74) is 2.32. The number of hydrogen-bond donors (Lipinski definition) is 1. The second-order valence-corrected chi connectivity index (χ2v) is 4.68. The Kier molecular flexibility index (Phi) is 4.75. The molecule has 0 aliphatic heterocycles. The van der Waals surface area contributed by atoms with Gasteiger partial charge in [-0.15, -0.1) is 0 Å². The molecular formula is C11H13ClIN. The van der Waals surface area contributed by atoms with E-state index in [1.165, 1.54) is 5.57 Å². The van der Waals surface area contributed by atoms with Crippen LogP contribution in [0.4, 0.5) is 5.69 Å². The largest absolute Gasteiger partial charge is 0.380 e. The van der Waals surface area contributed by atoms with Crippen LogP contribution in [0.25, 0.3) is 0 Å². The smallest absolute Gasteiger partial charge is 0.0479 e. The summed E-state index contributed by atoms with van der Waals surface area (Å²) < 4.78 is 1.14. The molecule has 1 rings (SSSR count). The summed E-state index contributed by atoms with van der Waals surface area (Å²) >= 11 is 8.13. The van der Waals surface area contributed by atoms with Crippen molar-refractivity contribution in [1.29, 1.82) is 0 Å². The van der Waals surface area contributed by atoms with Crippen LogP contribution in [0.15, 0.2) is 30.4 Å². The second kappa shape index (κ2) is 5.61. The molecule has 0 radical (unpaired) electrons. The highest BCUT2D eigenvalue weighted by Crippen LogP contribution is 2.22. The maximum Gasteiger partial charge on any atom is 0.0479 e. The Hall–Kier alpha value is -0.220. The van der Waals surface area contributed by atoms with Crippen molar-refractivity contribution < 1.29 is 0 Å². The third-order valence-corrected chi connectivity index (χ3v) is 3.09. The maximum atomic E-state index is 5.86. The van der Waals surface area contributed by atoms with Crippen molar-refractivity contribution >= 4 is 39.9 Å². The van der Waals surface area contributed by atoms with Crippen molar-refractivity contribution in [1.82, 2.24) is 0 Å². The molecule has 0 aliphatic carbocycles. The number of halogens is 2. The first-order valence-electron chi connectivity index (χ1n) is 4.49. The third-order valence-electron chi connectivity index (χ3n) is 1.96. The van der Waals surface area contributed by atoms with Gasteiger partial charge >= 0.3 is 0 Å². The molecule has 0 aliphatic rings. The highest BCUT2D eigenvalue weighted by Gasteiger charge is 1.99. The summed E-state index contributed by atoms with van der Waals surface area (Å²) in [4.78, 5) is 0. The molecule has 0 amide bonds. The Morgan fingerprint density at radius 1 is 1.57 bits per heavy atom. The van der Waals surface area contributed by atoms with Crippen LogP contribution in [0.1, 0.15) is 13.3 Å². The monoisotopic (exact) mass is 321 g/mol. The van der Waals surface area contributed by atoms with Gasteiger partial charge in [-0.25, -0.2) is 0 Å². The van der Waals surface area contributed by atoms with E-state index in [1.807, 2.05) is 18.2 Å². The first kappa shape index (κ1) is 11.9. The Morgan fingerprint density at radius 3 is 2.86 bits per heavy atom. The zero-order valence-corrected chi connectivity index (χ0v) is 11.0. The van der Waals surface area contributed by atoms with Gasteiger partial charge < -0.3 is 5.32 Å². The van der Waals surface area contributed by atoms with Crippen molar-refractivity contribution in [2.24, 2.45) is 0 Å². The number of anilines is 1. The maximum absolute atomic E-state index is 5.86. The van der Waals surface area contributed by atoms with Crippen molar-refractivity contribution in [2.75, 3.05) is 11.9 Å². The van der Waals surface area contributed by atoms with Crippen LogP contribution in [-0.2, 0) is 0 Å². The van der Waals surface area contributed by atoms with Gasteiger partial charge in [-0.2, -0.15) is 0 Å². The molecule has 0 saturated heterocycles. The van der Waals surface area contributed by atoms with Crippen molar-refractivity contribution in [3.05, 3.63) is 38.9 Å². The minimum Gasteiger partial charge on any atom is -0.380 e. The fourth-order valence-electron chi connectivity index (χ4n) is 0.978. The van der Waals surface area contributed by atoms with E-state index in [2.05, 4.69) is 41.4 Å². The lowest BCUT2D eigenvalue weighted by Gasteiger charge is -2.09. The van der Waals surface area contributed by atoms with Gasteiger partial charge in [0.25, 0.3) is 0 Å². The number of rotatable bonds is 4. The van der Waals surface area contributed by atoms with Gasteiger partial charge in [0.1, 0.15) is 0 Å². The van der Waals surface area contributed by atoms with Gasteiger partial charge in [0.2, 0.25) is 0 Å². The van der Waals surface area contributed by atoms with E-state index in [0.717, 1.165) is 27.2 Å². The normalized spacial score (nSPS) is 9.93. The van der Waals surface area contributed by atoms with E-state index in [4.69, 9.17) is 11.6 Å². The summed E-state index contributed by atoms with van der Waals surface area (Å²) in [7, 11) is 0. The fourth-order valence-corrected chi connectivity index (χ4v) is 2.04. The van der Waals surface area contributed by atoms with Gasteiger partial charge in [-0.1, -0.05) is 30.7 Å². The molecular weight excluding hydrogens is 308 g/mol. The van der Waals surface area contributed by atoms with Crippen LogP contribution in [-0.4, -0.2) is 6.54 Å². The molecule has 0 atom stereocenters. The predicted octanol–water partition coefficient (Wildman–Crippen LogP) is 4.32. The summed E-state index contributed by atoms with van der Waals surface area (Å²) in [6, 6.07) is 5.83. The molecule has 0 heterocycles. The van der Waals surface area contributed by atoms with Crippen LogP contribution in [0, 0.1) is 3.57 Å². The molecule has 1 nitrogen and oxygen atoms in total. The molecule has 1 N–H and O–H groups in total. The molecule has 0 unspecified atom stereocenters. The highest BCUT2D eigenvalue weighted by molar-refractivity contribution is 14.1. The molecule has 1 aromatic carbocycles. The van der Waals surface area contributed by atoms with Gasteiger partial charge in [0, 0.05) is 20.8 Å². The van der Waals surface area contributed by atoms with E-state index in [0.29, 0.717) is 0 Å². The van der Waals surface area contributed by atoms with Crippen molar-refractivity contribution in [3.63, 3.8) is 0 Å². The Balaban J connectivity index is 2.63. The van der Waals surface area contributed by atoms with Gasteiger partial charge in [0.05, 0.1) is 0 Å². The predicted molar refractivity (Wildman–Crippen MR) is 72.1 cm³/mol. The lowest BCUT2D eigenvalue weighted by molar-refractivity contribution is 1.05. The Bertz CT molecular complexity index is 336. The summed E-state index contributed by atoms with van der Waals surface area (Å²) in [6.07, 6.45) is 1.01. The van der Waals surface area contributed by atoms with Gasteiger partial charge in [-0.3, -0.25) is 0 Å². The Morgan fingerprint density at radius 2 is 2.29 bits per heavy atom. The molecule has 0 fully saturated rings. The van der Waals surface area contributed by atoms with Gasteiger partial charge in [-0.05, 0) is 47.2 Å². The Labute approximate surface area is 104 Å². The summed E-state index contributed by atoms with van der Waals surface area (Å²) in [5, 5.41) is 4.10. The SMILES string of the molecule is C=C(CC)CNc1ccc(Cl)cc1I. The van der Waals surface area contributed by atoms with E-state index in [9.17, 15) is 0 Å². The van der Waals surface area contributed by atoms with E-state index < -0.39 is 0 Å². The standard InChI is InChI=1S/C11H13ClIN/c1-3-8(2)7-14-11-5-4-9(12)6-10(11)13/h4-6,14H,2-3,7H2,1H3. The minimum atomic E-state index is 0.772. The van der Waals surface area contributed by atoms with Gasteiger partial charge in [0.15, 0.2) is 0 Å². The molecule has 0 aromatic heterocycles. The summed E-state index contributed by atoms with van der Waals surface area (Å²) in [5.74, 6) is 0. The number of hydrogen-bond acceptors (Lipinski definition) is 1. The average Bonchev–Trinajstić information content (AvgIpc) is 2.16. The van der Waals surface area contributed by atoms with E-state index >= 15 is 0 Å². The quantitative estimate of drug-likeness (QED) is 0.643. The zero-order chi connectivity index (χ0) is 10.6. The molecule has 76 valence electrons. The molecule has 0 saturated carbocycles. The molecule has 0 bridgehead atoms. The van der Waals surface area contributed by atoms with Crippen molar-refractivity contribution in [2.45, 2.75) is 13.3 Å². The molecule has 0 spiro atoms. The van der Waals surface area contributed by atoms with Crippen LogP contribution in [0.5, 0.6) is 0 Å². The molecule has 1 aromatic rings. The van der Waals surface area contributed by atoms with Crippen molar-refractivity contribution in [3.8, 4) is 0 Å². The van der Waals surface area contributed by atoms with Crippen LogP contribution >= 0.6 is 34.2 Å². The lowest BCUT2D eigenvalue weighted by atomic mass is 10.2. The molecule has 3 heteroatoms. The topological polar surface area (TPSA) is 12.0 Å². The van der Waals surface area contributed by atoms with Crippen LogP contribution in [0.3, 0.4) is 0 Å². The fraction of sp³-hybridized carbons (Fsp3) is 0.273. The first-order chi connectivity index (χ1) is 6.63. The molecule has 14 heavy (non-hydrogen) atoms. The summed E-state index contributed by atoms with van der Waals surface area (Å²) in [6.45, 7) is 6.88. The lowest BCUT2D eigenvalue weighted by Crippen LogP contribution is -2.04. The number of benzene rings is 1. The second-order valence-electron chi connectivity index (χ2n) is 3.08. The van der Waals surface area contributed by atoms with E-state index in [1.54, 1.807) is 0 Å². The minimum absolute atomic E-state index is 0.772. The highest BCUT2D eigenvalue weighted by atomic mass is 127.